The molecule has 2 rings (SSSR count). The van der Waals surface area contributed by atoms with E-state index in [1.165, 1.54) is 0 Å². The topological polar surface area (TPSA) is 12.0 Å². The SMILES string of the molecule is CC1CNCCC1c1ccc(Br)cc1F. The summed E-state index contributed by atoms with van der Waals surface area (Å²) in [4.78, 5) is 0. The Morgan fingerprint density at radius 3 is 2.93 bits per heavy atom. The Labute approximate surface area is 98.2 Å². The van der Waals surface area contributed by atoms with Crippen molar-refractivity contribution in [3.05, 3.63) is 34.1 Å². The van der Waals surface area contributed by atoms with E-state index in [9.17, 15) is 4.39 Å². The zero-order valence-electron chi connectivity index (χ0n) is 8.76. The first-order chi connectivity index (χ1) is 7.18. The van der Waals surface area contributed by atoms with Crippen LogP contribution in [0.4, 0.5) is 4.39 Å². The molecule has 1 fully saturated rings. The monoisotopic (exact) mass is 271 g/mol. The third-order valence-electron chi connectivity index (χ3n) is 3.15. The highest BCUT2D eigenvalue weighted by Gasteiger charge is 2.24. The van der Waals surface area contributed by atoms with Crippen molar-refractivity contribution in [1.29, 1.82) is 0 Å². The molecule has 1 aliphatic heterocycles. The van der Waals surface area contributed by atoms with Crippen molar-refractivity contribution in [2.75, 3.05) is 13.1 Å². The standard InChI is InChI=1S/C12H15BrFN/c1-8-7-15-5-4-10(8)11-3-2-9(13)6-12(11)14/h2-3,6,8,10,15H,4-5,7H2,1H3. The first kappa shape index (κ1) is 11.1. The molecule has 15 heavy (non-hydrogen) atoms. The molecule has 1 aliphatic rings. The Bertz CT molecular complexity index is 353. The lowest BCUT2D eigenvalue weighted by Gasteiger charge is -2.30. The van der Waals surface area contributed by atoms with Crippen molar-refractivity contribution < 1.29 is 4.39 Å². The molecule has 1 nitrogen and oxygen atoms in total. The number of halogens is 2. The van der Waals surface area contributed by atoms with Gasteiger partial charge in [0, 0.05) is 4.47 Å². The van der Waals surface area contributed by atoms with Crippen LogP contribution < -0.4 is 5.32 Å². The summed E-state index contributed by atoms with van der Waals surface area (Å²) < 4.78 is 14.6. The van der Waals surface area contributed by atoms with E-state index in [0.717, 1.165) is 29.5 Å². The van der Waals surface area contributed by atoms with Gasteiger partial charge in [0.25, 0.3) is 0 Å². The summed E-state index contributed by atoms with van der Waals surface area (Å²) in [5, 5.41) is 3.33. The maximum atomic E-state index is 13.8. The van der Waals surface area contributed by atoms with Crippen LogP contribution in [0.2, 0.25) is 0 Å². The van der Waals surface area contributed by atoms with E-state index < -0.39 is 0 Å². The summed E-state index contributed by atoms with van der Waals surface area (Å²) in [6, 6.07) is 5.39. The highest BCUT2D eigenvalue weighted by molar-refractivity contribution is 9.10. The second-order valence-electron chi connectivity index (χ2n) is 4.24. The Morgan fingerprint density at radius 1 is 1.47 bits per heavy atom. The molecule has 1 saturated heterocycles. The summed E-state index contributed by atoms with van der Waals surface area (Å²) in [5.41, 5.74) is 0.868. The van der Waals surface area contributed by atoms with Crippen molar-refractivity contribution >= 4 is 15.9 Å². The van der Waals surface area contributed by atoms with Gasteiger partial charge in [-0.15, -0.1) is 0 Å². The van der Waals surface area contributed by atoms with Crippen LogP contribution in [0, 0.1) is 11.7 Å². The van der Waals surface area contributed by atoms with E-state index in [4.69, 9.17) is 0 Å². The largest absolute Gasteiger partial charge is 0.316 e. The Kier molecular flexibility index (Phi) is 3.42. The first-order valence-electron chi connectivity index (χ1n) is 5.34. The average molecular weight is 272 g/mol. The van der Waals surface area contributed by atoms with Crippen molar-refractivity contribution in [1.82, 2.24) is 5.32 Å². The molecule has 82 valence electrons. The van der Waals surface area contributed by atoms with E-state index in [1.54, 1.807) is 6.07 Å². The third kappa shape index (κ3) is 2.40. The molecule has 2 atom stereocenters. The molecule has 1 aromatic carbocycles. The normalized spacial score (nSPS) is 26.6. The molecule has 0 saturated carbocycles. The molecule has 0 bridgehead atoms. The second-order valence-corrected chi connectivity index (χ2v) is 5.16. The molecule has 2 unspecified atom stereocenters. The van der Waals surface area contributed by atoms with Crippen molar-refractivity contribution in [2.24, 2.45) is 5.92 Å². The molecule has 0 spiro atoms. The zero-order chi connectivity index (χ0) is 10.8. The van der Waals surface area contributed by atoms with Gasteiger partial charge in [0.15, 0.2) is 0 Å². The lowest BCUT2D eigenvalue weighted by atomic mass is 9.82. The molecule has 0 aromatic heterocycles. The predicted octanol–water partition coefficient (Wildman–Crippen LogP) is 3.30. The maximum absolute atomic E-state index is 13.8. The van der Waals surface area contributed by atoms with Gasteiger partial charge in [-0.05, 0) is 49.0 Å². The molecular weight excluding hydrogens is 257 g/mol. The number of rotatable bonds is 1. The second kappa shape index (κ2) is 4.62. The fraction of sp³-hybridized carbons (Fsp3) is 0.500. The van der Waals surface area contributed by atoms with E-state index >= 15 is 0 Å². The fourth-order valence-electron chi connectivity index (χ4n) is 2.28. The van der Waals surface area contributed by atoms with Gasteiger partial charge in [0.2, 0.25) is 0 Å². The van der Waals surface area contributed by atoms with Crippen molar-refractivity contribution in [2.45, 2.75) is 19.3 Å². The van der Waals surface area contributed by atoms with E-state index in [0.29, 0.717) is 11.8 Å². The molecule has 1 aromatic rings. The molecule has 1 heterocycles. The van der Waals surface area contributed by atoms with Gasteiger partial charge in [-0.2, -0.15) is 0 Å². The van der Waals surface area contributed by atoms with Gasteiger partial charge in [0.05, 0.1) is 0 Å². The van der Waals surface area contributed by atoms with E-state index in [1.807, 2.05) is 12.1 Å². The van der Waals surface area contributed by atoms with Crippen LogP contribution in [0.5, 0.6) is 0 Å². The Hall–Kier alpha value is -0.410. The first-order valence-corrected chi connectivity index (χ1v) is 6.13. The molecule has 0 amide bonds. The Balaban J connectivity index is 2.27. The van der Waals surface area contributed by atoms with Gasteiger partial charge < -0.3 is 5.32 Å². The molecule has 1 N–H and O–H groups in total. The lowest BCUT2D eigenvalue weighted by molar-refractivity contribution is 0.341. The number of nitrogens with one attached hydrogen (secondary N) is 1. The van der Waals surface area contributed by atoms with Crippen LogP contribution in [0.15, 0.2) is 22.7 Å². The van der Waals surface area contributed by atoms with Crippen LogP contribution in [0.1, 0.15) is 24.8 Å². The highest BCUT2D eigenvalue weighted by Crippen LogP contribution is 2.32. The molecule has 0 aliphatic carbocycles. The minimum atomic E-state index is -0.0804. The summed E-state index contributed by atoms with van der Waals surface area (Å²) in [5.74, 6) is 0.789. The summed E-state index contributed by atoms with van der Waals surface area (Å²) in [6.07, 6.45) is 1.03. The summed E-state index contributed by atoms with van der Waals surface area (Å²) in [7, 11) is 0. The number of hydrogen-bond donors (Lipinski definition) is 1. The smallest absolute Gasteiger partial charge is 0.127 e. The van der Waals surface area contributed by atoms with Crippen LogP contribution in [-0.4, -0.2) is 13.1 Å². The fourth-order valence-corrected chi connectivity index (χ4v) is 2.61. The minimum absolute atomic E-state index is 0.0804. The quantitative estimate of drug-likeness (QED) is 0.827. The number of hydrogen-bond acceptors (Lipinski definition) is 1. The number of piperidine rings is 1. The average Bonchev–Trinajstić information content (AvgIpc) is 2.20. The van der Waals surface area contributed by atoms with Crippen LogP contribution in [-0.2, 0) is 0 Å². The third-order valence-corrected chi connectivity index (χ3v) is 3.64. The lowest BCUT2D eigenvalue weighted by Crippen LogP contribution is -2.34. The van der Waals surface area contributed by atoms with E-state index in [2.05, 4.69) is 28.2 Å². The number of benzene rings is 1. The van der Waals surface area contributed by atoms with Crippen LogP contribution in [0.3, 0.4) is 0 Å². The van der Waals surface area contributed by atoms with Crippen molar-refractivity contribution in [3.8, 4) is 0 Å². The zero-order valence-corrected chi connectivity index (χ0v) is 10.3. The van der Waals surface area contributed by atoms with Crippen LogP contribution in [0.25, 0.3) is 0 Å². The summed E-state index contributed by atoms with van der Waals surface area (Å²) in [6.45, 7) is 4.16. The van der Waals surface area contributed by atoms with Gasteiger partial charge in [-0.1, -0.05) is 28.9 Å². The Morgan fingerprint density at radius 2 is 2.27 bits per heavy atom. The van der Waals surface area contributed by atoms with E-state index in [-0.39, 0.29) is 5.82 Å². The van der Waals surface area contributed by atoms with Gasteiger partial charge in [-0.3, -0.25) is 0 Å². The highest BCUT2D eigenvalue weighted by atomic mass is 79.9. The van der Waals surface area contributed by atoms with Crippen LogP contribution >= 0.6 is 15.9 Å². The predicted molar refractivity (Wildman–Crippen MR) is 63.5 cm³/mol. The maximum Gasteiger partial charge on any atom is 0.127 e. The minimum Gasteiger partial charge on any atom is -0.316 e. The van der Waals surface area contributed by atoms with Gasteiger partial charge >= 0.3 is 0 Å². The molecular formula is C12H15BrFN. The molecule has 3 heteroatoms. The van der Waals surface area contributed by atoms with Gasteiger partial charge in [0.1, 0.15) is 5.82 Å². The summed E-state index contributed by atoms with van der Waals surface area (Å²) >= 11 is 3.28. The van der Waals surface area contributed by atoms with Gasteiger partial charge in [-0.25, -0.2) is 4.39 Å². The molecule has 0 radical (unpaired) electrons. The van der Waals surface area contributed by atoms with Crippen molar-refractivity contribution in [3.63, 3.8) is 0 Å².